The van der Waals surface area contributed by atoms with Crippen LogP contribution in [0.5, 0.6) is 0 Å². The van der Waals surface area contributed by atoms with Gasteiger partial charge in [0.25, 0.3) is 0 Å². The van der Waals surface area contributed by atoms with Gasteiger partial charge in [-0.2, -0.15) is 0 Å². The van der Waals surface area contributed by atoms with Gasteiger partial charge in [0, 0.05) is 23.2 Å². The zero-order valence-corrected chi connectivity index (χ0v) is 18.3. The molecule has 3 aliphatic carbocycles. The lowest BCUT2D eigenvalue weighted by molar-refractivity contribution is -0.197. The average Bonchev–Trinajstić information content (AvgIpc) is 3.08. The quantitative estimate of drug-likeness (QED) is 0.308. The summed E-state index contributed by atoms with van der Waals surface area (Å²) in [5.41, 5.74) is 5.03. The van der Waals surface area contributed by atoms with E-state index < -0.39 is 29.0 Å². The van der Waals surface area contributed by atoms with E-state index in [1.54, 1.807) is 6.08 Å². The van der Waals surface area contributed by atoms with Crippen molar-refractivity contribution in [2.75, 3.05) is 6.54 Å². The Labute approximate surface area is 178 Å². The molecule has 3 rings (SSSR count). The fourth-order valence-corrected chi connectivity index (χ4v) is 6.92. The van der Waals surface area contributed by atoms with Gasteiger partial charge in [0.2, 0.25) is 11.5 Å². The summed E-state index contributed by atoms with van der Waals surface area (Å²) in [5.74, 6) is -0.782. The first-order chi connectivity index (χ1) is 14.1. The topological polar surface area (TPSA) is 114 Å². The first-order valence-electron chi connectivity index (χ1n) is 10.8. The van der Waals surface area contributed by atoms with Crippen LogP contribution in [-0.2, 0) is 14.3 Å². The van der Waals surface area contributed by atoms with Crippen molar-refractivity contribution in [1.29, 1.82) is 5.53 Å². The minimum absolute atomic E-state index is 0.0854. The summed E-state index contributed by atoms with van der Waals surface area (Å²) in [6.07, 6.45) is 5.50. The van der Waals surface area contributed by atoms with Crippen LogP contribution in [0.2, 0.25) is 0 Å². The molecule has 0 aliphatic heterocycles. The van der Waals surface area contributed by atoms with Crippen LogP contribution in [0.25, 0.3) is 0 Å². The van der Waals surface area contributed by atoms with Gasteiger partial charge in [-0.3, -0.25) is 4.79 Å². The Bertz CT molecular complexity index is 806. The molecule has 7 nitrogen and oxygen atoms in total. The number of aliphatic hydroxyl groups excluding tert-OH is 1. The van der Waals surface area contributed by atoms with Crippen molar-refractivity contribution >= 4 is 11.8 Å². The lowest BCUT2D eigenvalue weighted by Gasteiger charge is -2.62. The van der Waals surface area contributed by atoms with Crippen LogP contribution in [0.4, 0.5) is 0 Å². The Balaban J connectivity index is 2.22. The van der Waals surface area contributed by atoms with Gasteiger partial charge >= 0.3 is 5.97 Å². The fourth-order valence-electron chi connectivity index (χ4n) is 6.92. The third-order valence-corrected chi connectivity index (χ3v) is 8.73. The molecule has 0 unspecified atom stereocenters. The van der Waals surface area contributed by atoms with Crippen molar-refractivity contribution in [3.63, 3.8) is 0 Å². The molecule has 3 aliphatic rings. The predicted octanol–water partition coefficient (Wildman–Crippen LogP) is 3.61. The highest BCUT2D eigenvalue weighted by Crippen LogP contribution is 2.68. The number of ketones is 1. The molecular formula is C23H34N3O4+. The summed E-state index contributed by atoms with van der Waals surface area (Å²) in [7, 11) is 0. The Morgan fingerprint density at radius 1 is 1.37 bits per heavy atom. The van der Waals surface area contributed by atoms with E-state index in [1.807, 2.05) is 13.0 Å². The number of carbonyl (C=O) groups is 2. The molecule has 7 heteroatoms. The lowest BCUT2D eigenvalue weighted by Crippen LogP contribution is -2.63. The number of nitrogens with one attached hydrogen (secondary N) is 1. The maximum Gasteiger partial charge on any atom is 0.335 e. The summed E-state index contributed by atoms with van der Waals surface area (Å²) in [5, 5.41) is 14.9. The molecule has 3 saturated carbocycles. The number of ether oxygens (including phenoxy) is 1. The molecule has 0 aromatic heterocycles. The Morgan fingerprint density at radius 2 is 2.07 bits per heavy atom. The highest BCUT2D eigenvalue weighted by atomic mass is 16.5. The highest BCUT2D eigenvalue weighted by molar-refractivity contribution is 5.86. The number of rotatable bonds is 5. The maximum atomic E-state index is 13.3. The van der Waals surface area contributed by atoms with Crippen molar-refractivity contribution in [3.8, 4) is 0 Å². The van der Waals surface area contributed by atoms with Crippen molar-refractivity contribution in [2.24, 2.45) is 39.1 Å². The van der Waals surface area contributed by atoms with E-state index in [2.05, 4.69) is 37.0 Å². The number of aliphatic hydroxyl groups is 1. The molecule has 30 heavy (non-hydrogen) atoms. The normalized spacial score (nSPS) is 45.3. The van der Waals surface area contributed by atoms with Crippen LogP contribution in [0.1, 0.15) is 52.9 Å². The molecule has 0 heterocycles. The zero-order valence-electron chi connectivity index (χ0n) is 18.3. The second kappa shape index (κ2) is 7.86. The molecule has 0 saturated heterocycles. The number of esters is 1. The van der Waals surface area contributed by atoms with Crippen LogP contribution < -0.4 is 4.91 Å². The Kier molecular flexibility index (Phi) is 5.91. The summed E-state index contributed by atoms with van der Waals surface area (Å²) >= 11 is 0. The van der Waals surface area contributed by atoms with Crippen LogP contribution in [-0.4, -0.2) is 35.6 Å². The van der Waals surface area contributed by atoms with Gasteiger partial charge in [-0.1, -0.05) is 32.9 Å². The first kappa shape index (κ1) is 22.6. The van der Waals surface area contributed by atoms with Crippen molar-refractivity contribution in [1.82, 2.24) is 4.91 Å². The molecule has 0 radical (unpaired) electrons. The number of hydrogen-bond donors (Lipinski definition) is 2. The van der Waals surface area contributed by atoms with Gasteiger partial charge in [0.05, 0.1) is 6.10 Å². The van der Waals surface area contributed by atoms with Crippen molar-refractivity contribution in [2.45, 2.75) is 65.1 Å². The van der Waals surface area contributed by atoms with Crippen LogP contribution in [0.15, 0.2) is 30.4 Å². The van der Waals surface area contributed by atoms with Crippen LogP contribution in [0.3, 0.4) is 0 Å². The van der Waals surface area contributed by atoms with E-state index in [0.29, 0.717) is 12.8 Å². The summed E-state index contributed by atoms with van der Waals surface area (Å²) < 4.78 is 5.96. The van der Waals surface area contributed by atoms with Gasteiger partial charge < -0.3 is 9.84 Å². The third kappa shape index (κ3) is 3.02. The zero-order chi connectivity index (χ0) is 22.3. The maximum absolute atomic E-state index is 13.3. The predicted molar refractivity (Wildman–Crippen MR) is 111 cm³/mol. The fraction of sp³-hybridized carbons (Fsp3) is 0.739. The molecule has 0 aromatic carbocycles. The third-order valence-electron chi connectivity index (χ3n) is 8.73. The average molecular weight is 417 g/mol. The standard InChI is InChI=1S/C23H34N3O4/c1-6-21(5)12-17(30-18(28)13-25-26-24)23(7-2)14(3)8-10-22(15(4)20(21)29)11-9-16(27)19(22)23/h6-7,14-15,17,19-20,24,29H,1-2,8-13H2,3-5H3/q+1/t14-,15+,17-,19-,20+,21-,22+,23+/m1/s1. The van der Waals surface area contributed by atoms with E-state index in [-0.39, 0.29) is 35.5 Å². The minimum atomic E-state index is -0.724. The Morgan fingerprint density at radius 3 is 2.67 bits per heavy atom. The summed E-state index contributed by atoms with van der Waals surface area (Å²) in [6.45, 7) is 13.9. The van der Waals surface area contributed by atoms with E-state index in [9.17, 15) is 14.7 Å². The van der Waals surface area contributed by atoms with Crippen LogP contribution >= 0.6 is 0 Å². The van der Waals surface area contributed by atoms with Gasteiger partial charge in [-0.15, -0.1) is 13.2 Å². The summed E-state index contributed by atoms with van der Waals surface area (Å²) in [4.78, 5) is 28.8. The molecule has 8 atom stereocenters. The molecule has 0 amide bonds. The largest absolute Gasteiger partial charge is 0.460 e. The molecule has 0 spiro atoms. The molecular weight excluding hydrogens is 382 g/mol. The van der Waals surface area contributed by atoms with E-state index in [1.165, 1.54) is 0 Å². The molecule has 2 bridgehead atoms. The lowest BCUT2D eigenvalue weighted by atomic mass is 9.43. The van der Waals surface area contributed by atoms with Crippen molar-refractivity contribution in [3.05, 3.63) is 25.3 Å². The van der Waals surface area contributed by atoms with E-state index >= 15 is 0 Å². The van der Waals surface area contributed by atoms with Crippen molar-refractivity contribution < 1.29 is 19.4 Å². The van der Waals surface area contributed by atoms with Gasteiger partial charge in [-0.05, 0) is 42.9 Å². The van der Waals surface area contributed by atoms with Gasteiger partial charge in [-0.25, -0.2) is 4.79 Å². The van der Waals surface area contributed by atoms with Crippen LogP contribution in [0, 0.1) is 39.5 Å². The Hall–Kier alpha value is -2.11. The second-order valence-corrected chi connectivity index (χ2v) is 9.80. The van der Waals surface area contributed by atoms with E-state index in [4.69, 9.17) is 10.3 Å². The molecule has 2 N–H and O–H groups in total. The molecule has 164 valence electrons. The number of nitrogens with zero attached hydrogens (tertiary/aromatic N) is 2. The minimum Gasteiger partial charge on any atom is -0.460 e. The number of hydrogen-bond acceptors (Lipinski definition) is 6. The second-order valence-electron chi connectivity index (χ2n) is 9.80. The van der Waals surface area contributed by atoms with Gasteiger partial charge in [0.15, 0.2) is 0 Å². The smallest absolute Gasteiger partial charge is 0.335 e. The van der Waals surface area contributed by atoms with E-state index in [0.717, 1.165) is 19.3 Å². The first-order valence-corrected chi connectivity index (χ1v) is 10.8. The monoisotopic (exact) mass is 416 g/mol. The van der Waals surface area contributed by atoms with Gasteiger partial charge in [0.1, 0.15) is 22.5 Å². The summed E-state index contributed by atoms with van der Waals surface area (Å²) in [6, 6.07) is 0. The molecule has 3 fully saturated rings. The highest BCUT2D eigenvalue weighted by Gasteiger charge is 2.69. The SMILES string of the molecule is C=C[C@@]12[C@H](C)CC[C@]3(CCC(=O)[C@H]31)[C@@H](C)[C@H](O)[C@](C)(C=C)C[C@H]2OC(=O)CN=[N+]=N. The number of carbonyl (C=O) groups excluding carboxylic acids is 2. The molecule has 0 aromatic rings. The number of Topliss-reactive ketones (excluding diaryl/α,β-unsaturated/α-hetero) is 1.